The van der Waals surface area contributed by atoms with Gasteiger partial charge in [0.2, 0.25) is 0 Å². The summed E-state index contributed by atoms with van der Waals surface area (Å²) in [5, 5.41) is 8.65. The smallest absolute Gasteiger partial charge is 0.267 e. The second-order valence-electron chi connectivity index (χ2n) is 6.17. The Hall–Kier alpha value is -3.28. The minimum absolute atomic E-state index is 0.295. The number of carbonyl (C=O) groups is 1. The summed E-state index contributed by atoms with van der Waals surface area (Å²) < 4.78 is 1.95. The molecule has 0 saturated carbocycles. The number of nitrogens with zero attached hydrogens (tertiary/aromatic N) is 4. The molecule has 3 rings (SSSR count). The van der Waals surface area contributed by atoms with Gasteiger partial charge in [0.05, 0.1) is 24.0 Å². The summed E-state index contributed by atoms with van der Waals surface area (Å²) in [5.41, 5.74) is 8.19. The molecule has 132 valence electrons. The lowest BCUT2D eigenvalue weighted by atomic mass is 10.1. The van der Waals surface area contributed by atoms with Crippen LogP contribution >= 0.6 is 0 Å². The zero-order valence-electron chi connectivity index (χ0n) is 15.1. The quantitative estimate of drug-likeness (QED) is 0.570. The Morgan fingerprint density at radius 3 is 2.65 bits per heavy atom. The number of rotatable bonds is 5. The summed E-state index contributed by atoms with van der Waals surface area (Å²) in [5.74, 6) is -0.295. The van der Waals surface area contributed by atoms with Gasteiger partial charge in [-0.2, -0.15) is 10.2 Å². The van der Waals surface area contributed by atoms with Gasteiger partial charge in [0.1, 0.15) is 0 Å². The van der Waals surface area contributed by atoms with Crippen LogP contribution < -0.4 is 5.43 Å². The minimum atomic E-state index is -0.295. The summed E-state index contributed by atoms with van der Waals surface area (Å²) in [6.45, 7) is 6.70. The predicted molar refractivity (Wildman–Crippen MR) is 101 cm³/mol. The second-order valence-corrected chi connectivity index (χ2v) is 6.17. The monoisotopic (exact) mass is 347 g/mol. The third-order valence-electron chi connectivity index (χ3n) is 4.17. The van der Waals surface area contributed by atoms with Gasteiger partial charge in [-0.05, 0) is 38.5 Å². The molecule has 0 unspecified atom stereocenters. The summed E-state index contributed by atoms with van der Waals surface area (Å²) >= 11 is 0. The van der Waals surface area contributed by atoms with E-state index in [-0.39, 0.29) is 5.91 Å². The summed E-state index contributed by atoms with van der Waals surface area (Å²) in [6, 6.07) is 11.8. The molecule has 0 radical (unpaired) electrons. The average Bonchev–Trinajstić information content (AvgIpc) is 2.91. The number of carbonyl (C=O) groups excluding carboxylic acids is 1. The van der Waals surface area contributed by atoms with Crippen molar-refractivity contribution in [1.82, 2.24) is 20.2 Å². The number of hydrazone groups is 1. The van der Waals surface area contributed by atoms with Gasteiger partial charge >= 0.3 is 0 Å². The van der Waals surface area contributed by atoms with Crippen molar-refractivity contribution in [1.29, 1.82) is 0 Å². The molecule has 0 aliphatic heterocycles. The van der Waals surface area contributed by atoms with E-state index < -0.39 is 0 Å². The van der Waals surface area contributed by atoms with Crippen LogP contribution in [0.15, 0.2) is 53.9 Å². The van der Waals surface area contributed by atoms with Crippen LogP contribution in [0.4, 0.5) is 0 Å². The molecule has 0 fully saturated rings. The first-order chi connectivity index (χ1) is 12.5. The number of pyridine rings is 1. The molecule has 6 nitrogen and oxygen atoms in total. The Labute approximate surface area is 152 Å². The van der Waals surface area contributed by atoms with Crippen LogP contribution in [0, 0.1) is 20.8 Å². The Morgan fingerprint density at radius 2 is 1.96 bits per heavy atom. The first-order valence-corrected chi connectivity index (χ1v) is 8.37. The highest BCUT2D eigenvalue weighted by atomic mass is 16.2. The van der Waals surface area contributed by atoms with Crippen molar-refractivity contribution in [2.24, 2.45) is 5.10 Å². The molecule has 6 heteroatoms. The van der Waals surface area contributed by atoms with Crippen LogP contribution in [0.25, 0.3) is 0 Å². The summed E-state index contributed by atoms with van der Waals surface area (Å²) in [6.07, 6.45) is 4.76. The fourth-order valence-electron chi connectivity index (χ4n) is 2.64. The molecule has 2 heterocycles. The van der Waals surface area contributed by atoms with Gasteiger partial charge in [-0.25, -0.2) is 5.43 Å². The predicted octanol–water partition coefficient (Wildman–Crippen LogP) is 3.02. The average molecular weight is 347 g/mol. The Balaban J connectivity index is 1.71. The lowest BCUT2D eigenvalue weighted by Gasteiger charge is -2.05. The van der Waals surface area contributed by atoms with Gasteiger partial charge in [-0.1, -0.05) is 29.8 Å². The number of amides is 1. The number of hydrogen-bond donors (Lipinski definition) is 1. The zero-order chi connectivity index (χ0) is 18.5. The van der Waals surface area contributed by atoms with Crippen molar-refractivity contribution in [3.63, 3.8) is 0 Å². The van der Waals surface area contributed by atoms with E-state index >= 15 is 0 Å². The highest BCUT2D eigenvalue weighted by Crippen LogP contribution is 2.13. The zero-order valence-corrected chi connectivity index (χ0v) is 15.1. The number of benzene rings is 1. The van der Waals surface area contributed by atoms with E-state index in [0.29, 0.717) is 12.1 Å². The van der Waals surface area contributed by atoms with E-state index in [2.05, 4.69) is 51.8 Å². The van der Waals surface area contributed by atoms with E-state index in [9.17, 15) is 4.79 Å². The van der Waals surface area contributed by atoms with Gasteiger partial charge in [0, 0.05) is 23.7 Å². The topological polar surface area (TPSA) is 72.2 Å². The maximum atomic E-state index is 12.0. The van der Waals surface area contributed by atoms with E-state index in [4.69, 9.17) is 0 Å². The largest absolute Gasteiger partial charge is 0.272 e. The van der Waals surface area contributed by atoms with E-state index in [1.165, 1.54) is 17.3 Å². The number of aryl methyl sites for hydroxylation is 2. The van der Waals surface area contributed by atoms with Crippen LogP contribution in [-0.2, 0) is 6.54 Å². The van der Waals surface area contributed by atoms with Crippen LogP contribution in [0.3, 0.4) is 0 Å². The first-order valence-electron chi connectivity index (χ1n) is 8.37. The molecule has 0 aliphatic carbocycles. The molecule has 3 aromatic rings. The molecule has 0 aliphatic rings. The van der Waals surface area contributed by atoms with E-state index in [1.807, 2.05) is 18.5 Å². The van der Waals surface area contributed by atoms with Crippen LogP contribution in [0.5, 0.6) is 0 Å². The molecule has 0 atom stereocenters. The third kappa shape index (κ3) is 4.03. The van der Waals surface area contributed by atoms with Crippen LogP contribution in [-0.4, -0.2) is 26.9 Å². The lowest BCUT2D eigenvalue weighted by Crippen LogP contribution is -2.17. The maximum absolute atomic E-state index is 12.0. The van der Waals surface area contributed by atoms with Gasteiger partial charge in [0.15, 0.2) is 0 Å². The third-order valence-corrected chi connectivity index (χ3v) is 4.17. The molecule has 1 aromatic carbocycles. The number of hydrogen-bond acceptors (Lipinski definition) is 4. The summed E-state index contributed by atoms with van der Waals surface area (Å²) in [4.78, 5) is 15.9. The highest BCUT2D eigenvalue weighted by molar-refractivity contribution is 5.94. The Kier molecular flexibility index (Phi) is 5.22. The molecular weight excluding hydrogens is 326 g/mol. The fraction of sp³-hybridized carbons (Fsp3) is 0.200. The molecular formula is C20H21N5O. The fourth-order valence-corrected chi connectivity index (χ4v) is 2.64. The van der Waals surface area contributed by atoms with Crippen LogP contribution in [0.2, 0.25) is 0 Å². The lowest BCUT2D eigenvalue weighted by molar-refractivity contribution is 0.0955. The first kappa shape index (κ1) is 17.5. The number of aromatic nitrogens is 3. The Bertz CT molecular complexity index is 927. The standard InChI is InChI=1S/C20H21N5O/c1-14-6-8-17(9-7-14)13-25-16(3)19(15(2)24-25)12-22-23-20(26)18-5-4-10-21-11-18/h4-12H,13H2,1-3H3,(H,23,26). The maximum Gasteiger partial charge on any atom is 0.272 e. The van der Waals surface area contributed by atoms with Gasteiger partial charge in [-0.3, -0.25) is 14.5 Å². The van der Waals surface area contributed by atoms with E-state index in [0.717, 1.165) is 17.0 Å². The normalized spacial score (nSPS) is 11.0. The minimum Gasteiger partial charge on any atom is -0.267 e. The molecule has 26 heavy (non-hydrogen) atoms. The molecule has 2 aromatic heterocycles. The Morgan fingerprint density at radius 1 is 1.19 bits per heavy atom. The number of nitrogens with one attached hydrogen (secondary N) is 1. The SMILES string of the molecule is Cc1ccc(Cn2nc(C)c(C=NNC(=O)c3cccnc3)c2C)cc1. The second kappa shape index (κ2) is 7.74. The van der Waals surface area contributed by atoms with E-state index in [1.54, 1.807) is 24.5 Å². The van der Waals surface area contributed by atoms with Crippen molar-refractivity contribution in [2.45, 2.75) is 27.3 Å². The van der Waals surface area contributed by atoms with Crippen molar-refractivity contribution >= 4 is 12.1 Å². The van der Waals surface area contributed by atoms with Gasteiger partial charge in [0.25, 0.3) is 5.91 Å². The molecule has 0 saturated heterocycles. The molecule has 1 amide bonds. The van der Waals surface area contributed by atoms with Crippen molar-refractivity contribution < 1.29 is 4.79 Å². The molecule has 1 N–H and O–H groups in total. The highest BCUT2D eigenvalue weighted by Gasteiger charge is 2.10. The van der Waals surface area contributed by atoms with Crippen molar-refractivity contribution in [3.8, 4) is 0 Å². The van der Waals surface area contributed by atoms with Gasteiger partial charge in [-0.15, -0.1) is 0 Å². The van der Waals surface area contributed by atoms with Crippen LogP contribution in [0.1, 0.15) is 38.4 Å². The summed E-state index contributed by atoms with van der Waals surface area (Å²) in [7, 11) is 0. The van der Waals surface area contributed by atoms with Gasteiger partial charge < -0.3 is 0 Å². The molecule has 0 spiro atoms. The van der Waals surface area contributed by atoms with Crippen molar-refractivity contribution in [2.75, 3.05) is 0 Å². The van der Waals surface area contributed by atoms with Crippen molar-refractivity contribution in [3.05, 3.63) is 82.4 Å². The molecule has 0 bridgehead atoms.